The van der Waals surface area contributed by atoms with Gasteiger partial charge >= 0.3 is 0 Å². The first kappa shape index (κ1) is 9.25. The molecule has 0 aliphatic heterocycles. The van der Waals surface area contributed by atoms with E-state index in [2.05, 4.69) is 0 Å². The second-order valence-electron chi connectivity index (χ2n) is 2.73. The van der Waals surface area contributed by atoms with E-state index in [1.165, 1.54) is 32.1 Å². The minimum atomic E-state index is 0. The predicted molar refractivity (Wildman–Crippen MR) is 42.9 cm³/mol. The molecule has 0 aromatic carbocycles. The number of halogens is 1. The van der Waals surface area contributed by atoms with Gasteiger partial charge in [-0.05, 0) is 18.9 Å². The van der Waals surface area contributed by atoms with Gasteiger partial charge in [0, 0.05) is 0 Å². The Labute approximate surface area is 63.4 Å². The second kappa shape index (κ2) is 5.07. The molecule has 0 bridgehead atoms. The van der Waals surface area contributed by atoms with Gasteiger partial charge in [-0.1, -0.05) is 25.7 Å². The van der Waals surface area contributed by atoms with Crippen LogP contribution in [0.15, 0.2) is 0 Å². The van der Waals surface area contributed by atoms with Crippen LogP contribution in [-0.2, 0) is 0 Å². The lowest BCUT2D eigenvalue weighted by molar-refractivity contribution is 0.511. The molecule has 0 unspecified atom stereocenters. The molecule has 0 saturated heterocycles. The molecule has 0 radical (unpaired) electrons. The molecule has 9 heavy (non-hydrogen) atoms. The van der Waals surface area contributed by atoms with Crippen LogP contribution >= 0.6 is 12.4 Å². The summed E-state index contributed by atoms with van der Waals surface area (Å²) in [6.07, 6.45) is 7.05. The number of hydrogen-bond acceptors (Lipinski definition) is 1. The molecular weight excluding hydrogens is 134 g/mol. The third-order valence-corrected chi connectivity index (χ3v) is 2.05. The molecule has 56 valence electrons. The summed E-state index contributed by atoms with van der Waals surface area (Å²) in [6.45, 7) is 0.894. The van der Waals surface area contributed by atoms with E-state index < -0.39 is 0 Å². The van der Waals surface area contributed by atoms with E-state index in [-0.39, 0.29) is 12.4 Å². The van der Waals surface area contributed by atoms with Crippen molar-refractivity contribution < 1.29 is 0 Å². The lowest BCUT2D eigenvalue weighted by Crippen LogP contribution is -2.04. The first-order chi connectivity index (χ1) is 3.93. The van der Waals surface area contributed by atoms with Crippen molar-refractivity contribution in [2.24, 2.45) is 11.7 Å². The van der Waals surface area contributed by atoms with E-state index in [0.717, 1.165) is 12.5 Å². The molecule has 0 amide bonds. The highest BCUT2D eigenvalue weighted by molar-refractivity contribution is 5.85. The minimum absolute atomic E-state index is 0. The molecule has 0 heterocycles. The van der Waals surface area contributed by atoms with Crippen molar-refractivity contribution in [1.82, 2.24) is 0 Å². The zero-order valence-electron chi connectivity index (χ0n) is 5.81. The third kappa shape index (κ3) is 3.07. The largest absolute Gasteiger partial charge is 0.330 e. The Bertz CT molecular complexity index is 59.9. The van der Waals surface area contributed by atoms with Gasteiger partial charge in [-0.2, -0.15) is 0 Å². The fourth-order valence-electron chi connectivity index (χ4n) is 1.53. The van der Waals surface area contributed by atoms with E-state index >= 15 is 0 Å². The third-order valence-electron chi connectivity index (χ3n) is 2.05. The molecule has 1 aliphatic rings. The summed E-state index contributed by atoms with van der Waals surface area (Å²) >= 11 is 0. The van der Waals surface area contributed by atoms with Gasteiger partial charge in [-0.25, -0.2) is 0 Å². The fraction of sp³-hybridized carbons (Fsp3) is 1.00. The van der Waals surface area contributed by atoms with Crippen molar-refractivity contribution in [2.75, 3.05) is 6.54 Å². The molecule has 2 N–H and O–H groups in total. The Balaban J connectivity index is 0.000000640. The van der Waals surface area contributed by atoms with Crippen molar-refractivity contribution in [1.29, 1.82) is 0 Å². The van der Waals surface area contributed by atoms with Crippen LogP contribution in [0.3, 0.4) is 0 Å². The van der Waals surface area contributed by atoms with Crippen LogP contribution in [0.2, 0.25) is 0 Å². The van der Waals surface area contributed by atoms with E-state index in [1.807, 2.05) is 0 Å². The molecule has 2 heteroatoms. The standard InChI is InChI=1S/C7H15N.ClH/c8-6-5-7-3-1-2-4-7;/h7H,1-6,8H2;1H. The Kier molecular flexibility index (Phi) is 5.21. The van der Waals surface area contributed by atoms with E-state index in [1.54, 1.807) is 0 Å². The van der Waals surface area contributed by atoms with Crippen LogP contribution in [0, 0.1) is 5.92 Å². The zero-order valence-corrected chi connectivity index (χ0v) is 6.62. The highest BCUT2D eigenvalue weighted by Gasteiger charge is 2.12. The molecule has 1 saturated carbocycles. The average molecular weight is 150 g/mol. The fourth-order valence-corrected chi connectivity index (χ4v) is 1.53. The highest BCUT2D eigenvalue weighted by Crippen LogP contribution is 2.26. The van der Waals surface area contributed by atoms with Gasteiger partial charge in [0.1, 0.15) is 0 Å². The SMILES string of the molecule is Cl.NCCC1CCCC1. The van der Waals surface area contributed by atoms with Crippen LogP contribution in [0.4, 0.5) is 0 Å². The maximum Gasteiger partial charge on any atom is -0.00746 e. The molecule has 0 atom stereocenters. The van der Waals surface area contributed by atoms with Crippen LogP contribution in [0.1, 0.15) is 32.1 Å². The summed E-state index contributed by atoms with van der Waals surface area (Å²) in [5.41, 5.74) is 5.41. The Morgan fingerprint density at radius 3 is 2.22 bits per heavy atom. The quantitative estimate of drug-likeness (QED) is 0.638. The summed E-state index contributed by atoms with van der Waals surface area (Å²) in [6, 6.07) is 0. The summed E-state index contributed by atoms with van der Waals surface area (Å²) in [4.78, 5) is 0. The van der Waals surface area contributed by atoms with E-state index in [9.17, 15) is 0 Å². The van der Waals surface area contributed by atoms with Crippen LogP contribution in [-0.4, -0.2) is 6.54 Å². The molecule has 1 rings (SSSR count). The van der Waals surface area contributed by atoms with E-state index in [4.69, 9.17) is 5.73 Å². The van der Waals surface area contributed by atoms with Crippen LogP contribution < -0.4 is 5.73 Å². The Hall–Kier alpha value is 0.250. The normalized spacial score (nSPS) is 19.7. The zero-order chi connectivity index (χ0) is 5.82. The van der Waals surface area contributed by atoms with Crippen molar-refractivity contribution >= 4 is 12.4 Å². The van der Waals surface area contributed by atoms with Crippen molar-refractivity contribution in [3.63, 3.8) is 0 Å². The maximum atomic E-state index is 5.41. The molecule has 0 aromatic rings. The maximum absolute atomic E-state index is 5.41. The second-order valence-corrected chi connectivity index (χ2v) is 2.73. The number of hydrogen-bond donors (Lipinski definition) is 1. The van der Waals surface area contributed by atoms with Gasteiger partial charge in [0.2, 0.25) is 0 Å². The summed E-state index contributed by atoms with van der Waals surface area (Å²) in [5, 5.41) is 0. The van der Waals surface area contributed by atoms with Gasteiger partial charge in [0.25, 0.3) is 0 Å². The van der Waals surface area contributed by atoms with Gasteiger partial charge in [0.15, 0.2) is 0 Å². The molecule has 0 spiro atoms. The van der Waals surface area contributed by atoms with Gasteiger partial charge in [0.05, 0.1) is 0 Å². The summed E-state index contributed by atoms with van der Waals surface area (Å²) in [7, 11) is 0. The topological polar surface area (TPSA) is 26.0 Å². The Morgan fingerprint density at radius 1 is 1.22 bits per heavy atom. The molecule has 0 aromatic heterocycles. The Morgan fingerprint density at radius 2 is 1.78 bits per heavy atom. The first-order valence-corrected chi connectivity index (χ1v) is 3.63. The monoisotopic (exact) mass is 149 g/mol. The van der Waals surface area contributed by atoms with Gasteiger partial charge in [-0.3, -0.25) is 0 Å². The molecule has 1 fully saturated rings. The lowest BCUT2D eigenvalue weighted by Gasteiger charge is -2.03. The van der Waals surface area contributed by atoms with Crippen molar-refractivity contribution in [3.05, 3.63) is 0 Å². The lowest BCUT2D eigenvalue weighted by atomic mass is 10.1. The molecule has 1 nitrogen and oxygen atoms in total. The minimum Gasteiger partial charge on any atom is -0.330 e. The van der Waals surface area contributed by atoms with Gasteiger partial charge < -0.3 is 5.73 Å². The first-order valence-electron chi connectivity index (χ1n) is 3.63. The van der Waals surface area contributed by atoms with Crippen molar-refractivity contribution in [2.45, 2.75) is 32.1 Å². The van der Waals surface area contributed by atoms with Crippen molar-refractivity contribution in [3.8, 4) is 0 Å². The number of nitrogens with two attached hydrogens (primary N) is 1. The molecular formula is C7H16ClN. The average Bonchev–Trinajstić information content (AvgIpc) is 2.19. The summed E-state index contributed by atoms with van der Waals surface area (Å²) in [5.74, 6) is 0.986. The smallest absolute Gasteiger partial charge is 0.00746 e. The van der Waals surface area contributed by atoms with Crippen LogP contribution in [0.5, 0.6) is 0 Å². The highest BCUT2D eigenvalue weighted by atomic mass is 35.5. The number of rotatable bonds is 2. The van der Waals surface area contributed by atoms with Gasteiger partial charge in [-0.15, -0.1) is 12.4 Å². The van der Waals surface area contributed by atoms with E-state index in [0.29, 0.717) is 0 Å². The van der Waals surface area contributed by atoms with Crippen LogP contribution in [0.25, 0.3) is 0 Å². The molecule has 1 aliphatic carbocycles. The summed E-state index contributed by atoms with van der Waals surface area (Å²) < 4.78 is 0. The predicted octanol–water partition coefficient (Wildman–Crippen LogP) is 1.95.